The molecule has 1 aliphatic rings. The maximum absolute atomic E-state index is 3.94. The third kappa shape index (κ3) is 1.50. The molecule has 0 aliphatic heterocycles. The molecule has 0 amide bonds. The largest absolute Gasteiger partial charge is 0.0530 e. The summed E-state index contributed by atoms with van der Waals surface area (Å²) in [5.74, 6) is 0.661. The quantitative estimate of drug-likeness (QED) is 0.433. The van der Waals surface area contributed by atoms with Crippen LogP contribution < -0.4 is 0 Å². The average Bonchev–Trinajstić information content (AvgIpc) is 1.69. The van der Waals surface area contributed by atoms with E-state index in [0.29, 0.717) is 5.92 Å². The maximum Gasteiger partial charge on any atom is -0.0355 e. The van der Waals surface area contributed by atoms with Crippen LogP contribution in [-0.4, -0.2) is 0 Å². The Morgan fingerprint density at radius 1 is 1.43 bits per heavy atom. The molecular weight excluding hydrogens is 84.1 g/mol. The van der Waals surface area contributed by atoms with Gasteiger partial charge in [0.05, 0.1) is 0 Å². The Kier molecular flexibility index (Phi) is 1.72. The van der Waals surface area contributed by atoms with Crippen LogP contribution in [-0.2, 0) is 0 Å². The van der Waals surface area contributed by atoms with Crippen LogP contribution in [0.2, 0.25) is 0 Å². The van der Waals surface area contributed by atoms with E-state index in [1.54, 1.807) is 0 Å². The predicted octanol–water partition coefficient (Wildman–Crippen LogP) is 2.21. The molecule has 0 aromatic carbocycles. The normalized spacial score (nSPS) is 25.3. The van der Waals surface area contributed by atoms with E-state index in [1.165, 1.54) is 25.7 Å². The highest BCUT2D eigenvalue weighted by Crippen LogP contribution is 2.20. The molecule has 0 nitrogen and oxygen atoms in total. The van der Waals surface area contributed by atoms with Crippen molar-refractivity contribution >= 4 is 0 Å². The molecule has 1 unspecified atom stereocenters. The molecule has 0 heteroatoms. The van der Waals surface area contributed by atoms with Crippen LogP contribution in [0.1, 0.15) is 25.7 Å². The molecule has 0 heterocycles. The van der Waals surface area contributed by atoms with Crippen molar-refractivity contribution in [3.63, 3.8) is 0 Å². The van der Waals surface area contributed by atoms with E-state index in [2.05, 4.69) is 13.3 Å². The first-order valence-corrected chi connectivity index (χ1v) is 3.06. The molecule has 2 radical (unpaired) electrons. The number of hydrogen-bond donors (Lipinski definition) is 0. The summed E-state index contributed by atoms with van der Waals surface area (Å²) in [5, 5.41) is 0. The van der Waals surface area contributed by atoms with E-state index in [9.17, 15) is 0 Å². The first kappa shape index (κ1) is 5.14. The van der Waals surface area contributed by atoms with Crippen LogP contribution in [0.4, 0.5) is 0 Å². The van der Waals surface area contributed by atoms with Crippen molar-refractivity contribution in [3.05, 3.63) is 13.3 Å². The molecule has 7 heavy (non-hydrogen) atoms. The lowest BCUT2D eigenvalue weighted by Gasteiger charge is -2.15. The van der Waals surface area contributed by atoms with Gasteiger partial charge < -0.3 is 0 Å². The number of rotatable bonds is 0. The fourth-order valence-corrected chi connectivity index (χ4v) is 1.02. The minimum atomic E-state index is 0.661. The van der Waals surface area contributed by atoms with E-state index in [0.717, 1.165) is 0 Å². The van der Waals surface area contributed by atoms with Gasteiger partial charge in [-0.1, -0.05) is 19.3 Å². The highest BCUT2D eigenvalue weighted by Gasteiger charge is 2.06. The standard InChI is InChI=1S/C7H12/c1-7-5-3-2-4-6-7/h5,7H,1-4,6H2. The molecule has 0 aromatic heterocycles. The Morgan fingerprint density at radius 3 is 2.57 bits per heavy atom. The molecule has 1 rings (SSSR count). The van der Waals surface area contributed by atoms with Crippen molar-refractivity contribution in [2.24, 2.45) is 5.92 Å². The van der Waals surface area contributed by atoms with Gasteiger partial charge in [-0.05, 0) is 25.7 Å². The minimum absolute atomic E-state index is 0.661. The first-order chi connectivity index (χ1) is 3.39. The molecule has 0 saturated heterocycles. The van der Waals surface area contributed by atoms with Crippen LogP contribution in [0.15, 0.2) is 0 Å². The molecular formula is C7H12. The minimum Gasteiger partial charge on any atom is -0.0530 e. The van der Waals surface area contributed by atoms with E-state index < -0.39 is 0 Å². The van der Waals surface area contributed by atoms with Crippen LogP contribution in [0.5, 0.6) is 0 Å². The smallest absolute Gasteiger partial charge is 0.0355 e. The second-order valence-corrected chi connectivity index (χ2v) is 2.28. The van der Waals surface area contributed by atoms with Gasteiger partial charge in [-0.3, -0.25) is 0 Å². The fraction of sp³-hybridized carbons (Fsp3) is 0.714. The van der Waals surface area contributed by atoms with Gasteiger partial charge in [0, 0.05) is 0 Å². The highest BCUT2D eigenvalue weighted by atomic mass is 14.1. The van der Waals surface area contributed by atoms with Gasteiger partial charge in [-0.25, -0.2) is 0 Å². The zero-order chi connectivity index (χ0) is 5.11. The van der Waals surface area contributed by atoms with E-state index >= 15 is 0 Å². The lowest BCUT2D eigenvalue weighted by Crippen LogP contribution is -2.01. The van der Waals surface area contributed by atoms with Crippen molar-refractivity contribution in [3.8, 4) is 0 Å². The molecule has 0 aromatic rings. The Bertz CT molecular complexity index is 42.0. The Labute approximate surface area is 45.9 Å². The third-order valence-corrected chi connectivity index (χ3v) is 1.53. The van der Waals surface area contributed by atoms with Crippen molar-refractivity contribution in [1.29, 1.82) is 0 Å². The zero-order valence-electron chi connectivity index (χ0n) is 4.69. The Morgan fingerprint density at radius 2 is 2.29 bits per heavy atom. The van der Waals surface area contributed by atoms with E-state index in [-0.39, 0.29) is 0 Å². The Hall–Kier alpha value is 0. The van der Waals surface area contributed by atoms with Gasteiger partial charge in [0.25, 0.3) is 0 Å². The molecule has 0 N–H and O–H groups in total. The van der Waals surface area contributed by atoms with Gasteiger partial charge in [0.15, 0.2) is 0 Å². The maximum atomic E-state index is 3.94. The lowest BCUT2D eigenvalue weighted by atomic mass is 9.91. The van der Waals surface area contributed by atoms with Gasteiger partial charge in [-0.15, -0.1) is 0 Å². The average molecular weight is 96.2 g/mol. The van der Waals surface area contributed by atoms with Gasteiger partial charge in [0.2, 0.25) is 0 Å². The zero-order valence-corrected chi connectivity index (χ0v) is 4.69. The molecule has 1 saturated carbocycles. The van der Waals surface area contributed by atoms with Gasteiger partial charge in [0.1, 0.15) is 0 Å². The fourth-order valence-electron chi connectivity index (χ4n) is 1.02. The summed E-state index contributed by atoms with van der Waals surface area (Å²) in [6, 6.07) is 0. The van der Waals surface area contributed by atoms with Crippen LogP contribution >= 0.6 is 0 Å². The summed E-state index contributed by atoms with van der Waals surface area (Å²) >= 11 is 0. The summed E-state index contributed by atoms with van der Waals surface area (Å²) in [6.45, 7) is 3.94. The second kappa shape index (κ2) is 2.34. The molecule has 1 atom stereocenters. The summed E-state index contributed by atoms with van der Waals surface area (Å²) in [6.07, 6.45) is 7.73. The van der Waals surface area contributed by atoms with Crippen molar-refractivity contribution < 1.29 is 0 Å². The summed E-state index contributed by atoms with van der Waals surface area (Å²) in [5.41, 5.74) is 0. The van der Waals surface area contributed by atoms with Crippen LogP contribution in [0.3, 0.4) is 0 Å². The predicted molar refractivity (Wildman–Crippen MR) is 31.6 cm³/mol. The number of hydrogen-bond acceptors (Lipinski definition) is 0. The van der Waals surface area contributed by atoms with Crippen LogP contribution in [0, 0.1) is 19.3 Å². The summed E-state index contributed by atoms with van der Waals surface area (Å²) in [4.78, 5) is 0. The second-order valence-electron chi connectivity index (χ2n) is 2.28. The molecule has 0 spiro atoms. The lowest BCUT2D eigenvalue weighted by molar-refractivity contribution is 0.509. The van der Waals surface area contributed by atoms with Crippen molar-refractivity contribution in [2.75, 3.05) is 0 Å². The topological polar surface area (TPSA) is 0 Å². The monoisotopic (exact) mass is 96.1 g/mol. The van der Waals surface area contributed by atoms with Crippen molar-refractivity contribution in [1.82, 2.24) is 0 Å². The first-order valence-electron chi connectivity index (χ1n) is 3.06. The molecule has 1 aliphatic carbocycles. The van der Waals surface area contributed by atoms with Gasteiger partial charge >= 0.3 is 0 Å². The Balaban J connectivity index is 2.12. The van der Waals surface area contributed by atoms with Crippen LogP contribution in [0.25, 0.3) is 0 Å². The van der Waals surface area contributed by atoms with E-state index in [4.69, 9.17) is 0 Å². The molecule has 1 fully saturated rings. The third-order valence-electron chi connectivity index (χ3n) is 1.53. The summed E-state index contributed by atoms with van der Waals surface area (Å²) < 4.78 is 0. The van der Waals surface area contributed by atoms with Gasteiger partial charge in [-0.2, -0.15) is 0 Å². The summed E-state index contributed by atoms with van der Waals surface area (Å²) in [7, 11) is 0. The van der Waals surface area contributed by atoms with Crippen molar-refractivity contribution in [2.45, 2.75) is 25.7 Å². The van der Waals surface area contributed by atoms with E-state index in [1.807, 2.05) is 0 Å². The highest BCUT2D eigenvalue weighted by molar-refractivity contribution is 4.81. The molecule has 0 bridgehead atoms. The SMILES string of the molecule is [CH2]C1[CH]CCCC1. The molecule has 40 valence electrons.